The third-order valence-electron chi connectivity index (χ3n) is 23.2. The van der Waals surface area contributed by atoms with E-state index in [0.717, 1.165) is 12.8 Å². The van der Waals surface area contributed by atoms with E-state index in [9.17, 15) is 76.6 Å². The molecule has 85 heavy (non-hydrogen) atoms. The lowest BCUT2D eigenvalue weighted by Crippen LogP contribution is -2.67. The second-order valence-corrected chi connectivity index (χ2v) is 28.5. The molecule has 5 saturated heterocycles. The summed E-state index contributed by atoms with van der Waals surface area (Å²) in [6, 6.07) is 0. The Labute approximate surface area is 494 Å². The Kier molecular flexibility index (Phi) is 19.0. The van der Waals surface area contributed by atoms with Gasteiger partial charge in [0.05, 0.1) is 50.2 Å². The lowest BCUT2D eigenvalue weighted by molar-refractivity contribution is -0.365. The number of ether oxygens (including phenoxy) is 10. The molecule has 0 spiro atoms. The predicted molar refractivity (Wildman–Crippen MR) is 288 cm³/mol. The van der Waals surface area contributed by atoms with E-state index < -0.39 is 189 Å². The molecule has 0 unspecified atom stereocenters. The zero-order valence-corrected chi connectivity index (χ0v) is 49.8. The van der Waals surface area contributed by atoms with E-state index in [1.165, 1.54) is 19.4 Å². The Morgan fingerprint density at radius 2 is 1.14 bits per heavy atom. The Morgan fingerprint density at radius 1 is 0.565 bits per heavy atom. The number of allylic oxidation sites excluding steroid dienone is 2. The van der Waals surface area contributed by atoms with Crippen molar-refractivity contribution in [1.29, 1.82) is 0 Å². The van der Waals surface area contributed by atoms with Crippen molar-refractivity contribution in [2.45, 2.75) is 273 Å². The third kappa shape index (κ3) is 11.1. The SMILES string of the molecule is C[C@@H]1O[C@@H](O[C@H]2[C@H](O[C@H]3CC[C@@]4(C)[C@@H](CC[C@]5(C)[C@H]4CC=C4[C@@H]6CC(C)(C)CC[C@]6(C(=O)O[C@@H]6O[C@H](CO[C@@H]7O[C@H](CO)[C@@H](O[C@@H]8O[C@@H](C)[C@H](O)[C@@H](O)[C@H]8O)[C@H](O)[C@H]7O)[C@@H](O)[C@H](O)[C@H]6O)CC[C@]45C)[C@]3(C)CO)OC[C@H](O)[C@@H]2O)[C@H](O)[C@H](O)[C@H]1O. The van der Waals surface area contributed by atoms with Crippen LogP contribution in [0.5, 0.6) is 0 Å². The molecule has 26 heteroatoms. The lowest BCUT2D eigenvalue weighted by atomic mass is 9.33. The number of esters is 1. The van der Waals surface area contributed by atoms with Crippen LogP contribution >= 0.6 is 0 Å². The number of rotatable bonds is 13. The molecule has 0 bridgehead atoms. The monoisotopic (exact) mass is 1220 g/mol. The minimum absolute atomic E-state index is 0.0670. The third-order valence-corrected chi connectivity index (χ3v) is 23.2. The highest BCUT2D eigenvalue weighted by molar-refractivity contribution is 5.79. The second kappa shape index (κ2) is 24.4. The van der Waals surface area contributed by atoms with Crippen LogP contribution in [0.4, 0.5) is 0 Å². The van der Waals surface area contributed by atoms with E-state index in [-0.39, 0.29) is 47.2 Å². The fourth-order valence-electron chi connectivity index (χ4n) is 17.5. The van der Waals surface area contributed by atoms with Crippen LogP contribution in [0.15, 0.2) is 11.6 Å². The number of hydrogen-bond donors (Lipinski definition) is 15. The van der Waals surface area contributed by atoms with Crippen LogP contribution < -0.4 is 0 Å². The Hall–Kier alpha value is -1.75. The van der Waals surface area contributed by atoms with Crippen molar-refractivity contribution in [3.05, 3.63) is 11.6 Å². The van der Waals surface area contributed by atoms with E-state index in [2.05, 4.69) is 40.7 Å². The van der Waals surface area contributed by atoms with Gasteiger partial charge in [-0.3, -0.25) is 4.79 Å². The Bertz CT molecular complexity index is 2370. The average Bonchev–Trinajstić information content (AvgIpc) is 0.692. The van der Waals surface area contributed by atoms with Crippen LogP contribution in [0.3, 0.4) is 0 Å². The number of fused-ring (bicyclic) bond motifs is 7. The molecule has 0 aromatic carbocycles. The van der Waals surface area contributed by atoms with Gasteiger partial charge >= 0.3 is 5.97 Å². The van der Waals surface area contributed by atoms with E-state index in [0.29, 0.717) is 51.4 Å². The zero-order chi connectivity index (χ0) is 62.0. The van der Waals surface area contributed by atoms with Crippen molar-refractivity contribution in [3.63, 3.8) is 0 Å². The Morgan fingerprint density at radius 3 is 1.76 bits per heavy atom. The van der Waals surface area contributed by atoms with Gasteiger partial charge in [0.1, 0.15) is 104 Å². The van der Waals surface area contributed by atoms with Gasteiger partial charge in [0.15, 0.2) is 25.2 Å². The molecule has 15 N–H and O–H groups in total. The predicted octanol–water partition coefficient (Wildman–Crippen LogP) is -2.54. The molecule has 488 valence electrons. The normalized spacial score (nSPS) is 55.3. The first-order valence-corrected chi connectivity index (χ1v) is 30.6. The molecule has 0 aromatic rings. The van der Waals surface area contributed by atoms with Gasteiger partial charge in [-0.15, -0.1) is 0 Å². The van der Waals surface area contributed by atoms with Gasteiger partial charge in [0.25, 0.3) is 0 Å². The van der Waals surface area contributed by atoms with Crippen LogP contribution in [0.25, 0.3) is 0 Å². The first-order valence-electron chi connectivity index (χ1n) is 30.6. The fourth-order valence-corrected chi connectivity index (χ4v) is 17.5. The first kappa shape index (κ1) is 66.2. The van der Waals surface area contributed by atoms with Crippen molar-refractivity contribution in [1.82, 2.24) is 0 Å². The largest absolute Gasteiger partial charge is 0.432 e. The second-order valence-electron chi connectivity index (χ2n) is 28.5. The van der Waals surface area contributed by atoms with Crippen LogP contribution in [0.1, 0.15) is 120 Å². The minimum atomic E-state index is -1.90. The van der Waals surface area contributed by atoms with Crippen molar-refractivity contribution in [3.8, 4) is 0 Å². The molecule has 0 amide bonds. The number of carbonyl (C=O) groups excluding carboxylic acids is 1. The van der Waals surface area contributed by atoms with Gasteiger partial charge in [0.2, 0.25) is 6.29 Å². The number of aliphatic hydroxyl groups excluding tert-OH is 15. The van der Waals surface area contributed by atoms with E-state index >= 15 is 4.79 Å². The number of carbonyl (C=O) groups is 1. The van der Waals surface area contributed by atoms with Crippen LogP contribution in [0, 0.1) is 50.2 Å². The average molecular weight is 1220 g/mol. The Balaban J connectivity index is 0.833. The summed E-state index contributed by atoms with van der Waals surface area (Å²) in [5, 5.41) is 163. The van der Waals surface area contributed by atoms with E-state index in [4.69, 9.17) is 47.4 Å². The van der Waals surface area contributed by atoms with Gasteiger partial charge in [-0.1, -0.05) is 53.2 Å². The molecule has 5 aliphatic heterocycles. The summed E-state index contributed by atoms with van der Waals surface area (Å²) in [6.07, 6.45) is -29.6. The van der Waals surface area contributed by atoms with Gasteiger partial charge in [-0.2, -0.15) is 0 Å². The molecule has 0 aromatic heterocycles. The van der Waals surface area contributed by atoms with E-state index in [1.54, 1.807) is 0 Å². The molecule has 4 saturated carbocycles. The highest BCUT2D eigenvalue weighted by Gasteiger charge is 2.71. The standard InChI is InChI=1S/C59H96O26/c1-24-34(63)38(67)42(71)49(78-24)83-46-29(20-60)80-48(45(74)41(46)70)77-22-30-37(66)40(69)44(73)51(81-30)85-53(75)59-17-15-54(3,4)19-27(59)26-9-10-32-55(5)13-12-33(56(6,23-61)31(55)11-14-58(32,8)57(26,7)16-18-59)82-52-47(36(65)28(62)21-76-52)84-50-43(72)39(68)35(64)25(2)79-50/h9,24-25,27-52,60-74H,10-23H2,1-8H3/t24-,25-,27-,28-,29+,30+,31+,32-,33-,34-,35-,36-,37+,38+,39+,40-,41+,42+,43+,44+,45+,46+,47+,48+,49-,50-,51-,52-,55-,56-,57+,58+,59-/m0/s1. The molecular weight excluding hydrogens is 1120 g/mol. The maximum Gasteiger partial charge on any atom is 0.315 e. The van der Waals surface area contributed by atoms with Crippen molar-refractivity contribution < 1.29 is 129 Å². The number of aliphatic hydroxyl groups is 15. The van der Waals surface area contributed by atoms with Crippen molar-refractivity contribution in [2.75, 3.05) is 26.4 Å². The zero-order valence-electron chi connectivity index (χ0n) is 49.8. The smallest absolute Gasteiger partial charge is 0.315 e. The molecule has 5 heterocycles. The van der Waals surface area contributed by atoms with Gasteiger partial charge in [-0.25, -0.2) is 0 Å². The van der Waals surface area contributed by atoms with E-state index in [1.807, 2.05) is 6.92 Å². The topological polar surface area (TPSA) is 413 Å². The summed E-state index contributed by atoms with van der Waals surface area (Å²) in [7, 11) is 0. The van der Waals surface area contributed by atoms with Crippen LogP contribution in [-0.2, 0) is 52.2 Å². The summed E-state index contributed by atoms with van der Waals surface area (Å²) in [5.41, 5.74) is -1.93. The number of hydrogen-bond acceptors (Lipinski definition) is 26. The molecule has 33 atom stereocenters. The molecule has 0 radical (unpaired) electrons. The first-order chi connectivity index (χ1) is 39.8. The molecule has 26 nitrogen and oxygen atoms in total. The lowest BCUT2D eigenvalue weighted by Gasteiger charge is -2.71. The highest BCUT2D eigenvalue weighted by Crippen LogP contribution is 2.76. The summed E-state index contributed by atoms with van der Waals surface area (Å²) in [6.45, 7) is 14.3. The van der Waals surface area contributed by atoms with Gasteiger partial charge < -0.3 is 124 Å². The quantitative estimate of drug-likeness (QED) is 0.0513. The molecule has 10 aliphatic rings. The maximum absolute atomic E-state index is 15.2. The van der Waals surface area contributed by atoms with Gasteiger partial charge in [-0.05, 0) is 117 Å². The summed E-state index contributed by atoms with van der Waals surface area (Å²) in [5.74, 6) is -0.861. The highest BCUT2D eigenvalue weighted by atomic mass is 16.8. The van der Waals surface area contributed by atoms with Gasteiger partial charge in [0, 0.05) is 5.41 Å². The summed E-state index contributed by atoms with van der Waals surface area (Å²) in [4.78, 5) is 15.2. The molecule has 9 fully saturated rings. The molecular formula is C59H96O26. The fraction of sp³-hybridized carbons (Fsp3) is 0.949. The molecule has 10 rings (SSSR count). The minimum Gasteiger partial charge on any atom is -0.432 e. The van der Waals surface area contributed by atoms with Crippen molar-refractivity contribution in [2.24, 2.45) is 50.2 Å². The molecule has 5 aliphatic carbocycles. The van der Waals surface area contributed by atoms with Crippen LogP contribution in [-0.4, -0.2) is 263 Å². The maximum atomic E-state index is 15.2. The van der Waals surface area contributed by atoms with Crippen LogP contribution in [0.2, 0.25) is 0 Å². The summed E-state index contributed by atoms with van der Waals surface area (Å²) < 4.78 is 59.4. The van der Waals surface area contributed by atoms with Crippen molar-refractivity contribution >= 4 is 5.97 Å². The summed E-state index contributed by atoms with van der Waals surface area (Å²) >= 11 is 0.